The Balaban J connectivity index is 1.62. The van der Waals surface area contributed by atoms with Crippen LogP contribution in [-0.4, -0.2) is 21.5 Å². The van der Waals surface area contributed by atoms with E-state index in [1.807, 2.05) is 0 Å². The van der Waals surface area contributed by atoms with Crippen molar-refractivity contribution in [3.8, 4) is 17.1 Å². The number of ether oxygens (including phenoxy) is 1. The minimum atomic E-state index is -0.855. The minimum Gasteiger partial charge on any atom is -0.472 e. The van der Waals surface area contributed by atoms with Gasteiger partial charge in [0.2, 0.25) is 11.1 Å². The number of esters is 1. The largest absolute Gasteiger partial charge is 0.472 e. The number of furan rings is 1. The number of aromatic nitrogens is 2. The number of carbonyl (C=O) groups is 1. The molecule has 0 aromatic carbocycles. The van der Waals surface area contributed by atoms with E-state index in [2.05, 4.69) is 9.97 Å². The van der Waals surface area contributed by atoms with E-state index < -0.39 is 29.1 Å². The highest BCUT2D eigenvalue weighted by Crippen LogP contribution is 2.47. The van der Waals surface area contributed by atoms with Gasteiger partial charge in [0.05, 0.1) is 18.4 Å². The van der Waals surface area contributed by atoms with Crippen molar-refractivity contribution in [2.45, 2.75) is 37.6 Å². The monoisotopic (exact) mass is 365 g/mol. The summed E-state index contributed by atoms with van der Waals surface area (Å²) in [6.07, 6.45) is 6.99. The van der Waals surface area contributed by atoms with E-state index in [-0.39, 0.29) is 11.0 Å². The molecule has 3 aliphatic rings. The van der Waals surface area contributed by atoms with Gasteiger partial charge in [-0.1, -0.05) is 0 Å². The highest BCUT2D eigenvalue weighted by molar-refractivity contribution is 6.28. The summed E-state index contributed by atoms with van der Waals surface area (Å²) in [5.74, 6) is -1.87. The smallest absolute Gasteiger partial charge is 0.317 e. The van der Waals surface area contributed by atoms with Gasteiger partial charge < -0.3 is 14.9 Å². The van der Waals surface area contributed by atoms with E-state index in [1.54, 1.807) is 0 Å². The van der Waals surface area contributed by atoms with Crippen LogP contribution >= 0.6 is 11.6 Å². The maximum atomic E-state index is 14.7. The molecule has 1 atom stereocenters. The first-order valence-corrected chi connectivity index (χ1v) is 8.60. The van der Waals surface area contributed by atoms with Crippen molar-refractivity contribution in [2.75, 3.05) is 0 Å². The van der Waals surface area contributed by atoms with Crippen molar-refractivity contribution in [2.24, 2.45) is 17.6 Å². The van der Waals surface area contributed by atoms with Gasteiger partial charge in [-0.25, -0.2) is 4.98 Å². The molecule has 6 nitrogen and oxygen atoms in total. The molecule has 3 saturated carbocycles. The van der Waals surface area contributed by atoms with Gasteiger partial charge in [0, 0.05) is 11.1 Å². The zero-order valence-electron chi connectivity index (χ0n) is 13.4. The molecule has 0 radical (unpaired) electrons. The molecule has 2 aromatic rings. The van der Waals surface area contributed by atoms with Crippen molar-refractivity contribution in [1.29, 1.82) is 0 Å². The molecule has 5 rings (SSSR count). The van der Waals surface area contributed by atoms with Crippen LogP contribution in [0.1, 0.15) is 32.1 Å². The highest BCUT2D eigenvalue weighted by Gasteiger charge is 2.49. The van der Waals surface area contributed by atoms with Crippen LogP contribution in [0, 0.1) is 17.7 Å². The number of hydrogen-bond acceptors (Lipinski definition) is 6. The third kappa shape index (κ3) is 2.91. The van der Waals surface area contributed by atoms with Crippen molar-refractivity contribution in [1.82, 2.24) is 9.97 Å². The fourth-order valence-corrected chi connectivity index (χ4v) is 4.08. The second kappa shape index (κ2) is 6.07. The van der Waals surface area contributed by atoms with Gasteiger partial charge in [-0.2, -0.15) is 9.37 Å². The number of hydrogen-bond donors (Lipinski definition) is 1. The molecule has 1 unspecified atom stereocenters. The summed E-state index contributed by atoms with van der Waals surface area (Å²) in [5, 5.41) is -0.215. The molecule has 8 heteroatoms. The summed E-state index contributed by atoms with van der Waals surface area (Å²) in [4.78, 5) is 20.2. The van der Waals surface area contributed by atoms with Crippen molar-refractivity contribution in [3.05, 3.63) is 29.7 Å². The zero-order valence-corrected chi connectivity index (χ0v) is 14.1. The Bertz CT molecular complexity index is 804. The van der Waals surface area contributed by atoms with Crippen LogP contribution in [0.3, 0.4) is 0 Å². The van der Waals surface area contributed by atoms with Crippen LogP contribution in [0.15, 0.2) is 23.0 Å². The fraction of sp³-hybridized carbons (Fsp3) is 0.471. The Morgan fingerprint density at radius 2 is 2.16 bits per heavy atom. The molecule has 25 heavy (non-hydrogen) atoms. The molecule has 0 saturated heterocycles. The highest BCUT2D eigenvalue weighted by atomic mass is 35.5. The first-order valence-electron chi connectivity index (χ1n) is 8.22. The molecule has 2 bridgehead atoms. The predicted molar refractivity (Wildman–Crippen MR) is 87.3 cm³/mol. The lowest BCUT2D eigenvalue weighted by atomic mass is 9.60. The maximum Gasteiger partial charge on any atom is 0.317 e. The van der Waals surface area contributed by atoms with Gasteiger partial charge in [0.1, 0.15) is 5.69 Å². The van der Waals surface area contributed by atoms with Gasteiger partial charge in [-0.05, 0) is 55.7 Å². The van der Waals surface area contributed by atoms with E-state index in [9.17, 15) is 9.18 Å². The molecule has 0 amide bonds. The first kappa shape index (κ1) is 16.5. The number of carbonyl (C=O) groups excluding carboxylic acids is 1. The lowest BCUT2D eigenvalue weighted by molar-refractivity contribution is -0.146. The van der Waals surface area contributed by atoms with E-state index in [1.165, 1.54) is 18.6 Å². The number of nitrogens with two attached hydrogens (primary N) is 1. The van der Waals surface area contributed by atoms with E-state index in [0.29, 0.717) is 17.9 Å². The van der Waals surface area contributed by atoms with Crippen LogP contribution in [0.5, 0.6) is 5.88 Å². The third-order valence-corrected chi connectivity index (χ3v) is 5.54. The van der Waals surface area contributed by atoms with Crippen LogP contribution in [0.2, 0.25) is 5.28 Å². The van der Waals surface area contributed by atoms with Crippen molar-refractivity contribution < 1.29 is 18.3 Å². The average Bonchev–Trinajstić information content (AvgIpc) is 3.12. The summed E-state index contributed by atoms with van der Waals surface area (Å²) in [6, 6.07) is 1.53. The summed E-state index contributed by atoms with van der Waals surface area (Å²) in [7, 11) is 0. The molecule has 2 aromatic heterocycles. The van der Waals surface area contributed by atoms with Crippen molar-refractivity contribution >= 4 is 17.6 Å². The minimum absolute atomic E-state index is 0.0795. The van der Waals surface area contributed by atoms with Gasteiger partial charge in [0.15, 0.2) is 0 Å². The summed E-state index contributed by atoms with van der Waals surface area (Å²) >= 11 is 5.86. The van der Waals surface area contributed by atoms with Crippen LogP contribution < -0.4 is 10.5 Å². The molecular formula is C17H17ClFN3O3. The zero-order chi connectivity index (χ0) is 17.6. The Morgan fingerprint density at radius 3 is 2.80 bits per heavy atom. The lowest BCUT2D eigenvalue weighted by Crippen LogP contribution is -2.58. The Hall–Kier alpha value is -1.99. The number of rotatable bonds is 3. The van der Waals surface area contributed by atoms with Gasteiger partial charge in [-0.3, -0.25) is 4.79 Å². The molecule has 132 valence electrons. The van der Waals surface area contributed by atoms with Gasteiger partial charge >= 0.3 is 5.97 Å². The Labute approximate surface area is 148 Å². The SMILES string of the molecule is NC12CCC(CC1)CC2C(=O)Oc1nc(Cl)nc(-c2ccoc2)c1F. The molecular weight excluding hydrogens is 349 g/mol. The second-order valence-electron chi connectivity index (χ2n) is 6.86. The quantitative estimate of drug-likeness (QED) is 0.662. The van der Waals surface area contributed by atoms with Crippen LogP contribution in [0.25, 0.3) is 11.3 Å². The maximum absolute atomic E-state index is 14.7. The van der Waals surface area contributed by atoms with Crippen LogP contribution in [0.4, 0.5) is 4.39 Å². The van der Waals surface area contributed by atoms with E-state index in [4.69, 9.17) is 26.5 Å². The normalized spacial score (nSPS) is 28.1. The number of nitrogens with zero attached hydrogens (tertiary/aromatic N) is 2. The van der Waals surface area contributed by atoms with Gasteiger partial charge in [-0.15, -0.1) is 0 Å². The fourth-order valence-electron chi connectivity index (χ4n) is 3.92. The molecule has 3 aliphatic carbocycles. The molecule has 0 spiro atoms. The van der Waals surface area contributed by atoms with Crippen molar-refractivity contribution in [3.63, 3.8) is 0 Å². The molecule has 2 N–H and O–H groups in total. The summed E-state index contributed by atoms with van der Waals surface area (Å²) < 4.78 is 24.9. The van der Waals surface area contributed by atoms with E-state index in [0.717, 1.165) is 25.7 Å². The standard InChI is InChI=1S/C17H17ClFN3O3/c18-16-21-13(10-3-6-24-8-10)12(19)14(22-16)25-15(23)11-7-9-1-4-17(11,20)5-2-9/h3,6,8-9,11H,1-2,4-5,7,20H2. The predicted octanol–water partition coefficient (Wildman–Crippen LogP) is 3.34. The second-order valence-corrected chi connectivity index (χ2v) is 7.20. The Morgan fingerprint density at radius 1 is 1.40 bits per heavy atom. The summed E-state index contributed by atoms with van der Waals surface area (Å²) in [6.45, 7) is 0. The molecule has 0 aliphatic heterocycles. The lowest BCUT2D eigenvalue weighted by Gasteiger charge is -2.48. The summed E-state index contributed by atoms with van der Waals surface area (Å²) in [5.41, 5.74) is 6.13. The average molecular weight is 366 g/mol. The molecule has 3 fully saturated rings. The number of halogens is 2. The van der Waals surface area contributed by atoms with Gasteiger partial charge in [0.25, 0.3) is 5.88 Å². The van der Waals surface area contributed by atoms with Crippen LogP contribution in [-0.2, 0) is 4.79 Å². The number of fused-ring (bicyclic) bond motifs is 3. The Kier molecular flexibility index (Phi) is 4.00. The van der Waals surface area contributed by atoms with E-state index >= 15 is 0 Å². The third-order valence-electron chi connectivity index (χ3n) is 5.37. The first-order chi connectivity index (χ1) is 12.0. The topological polar surface area (TPSA) is 91.2 Å². The molecule has 2 heterocycles.